The highest BCUT2D eigenvalue weighted by molar-refractivity contribution is 5.14. The zero-order valence-corrected chi connectivity index (χ0v) is 13.1. The molecule has 3 nitrogen and oxygen atoms in total. The minimum atomic E-state index is -0.423. The molecule has 0 heterocycles. The second kappa shape index (κ2) is 9.19. The molecule has 1 saturated carbocycles. The molecule has 2 rings (SSSR count). The Kier molecular flexibility index (Phi) is 7.20. The Morgan fingerprint density at radius 2 is 2.00 bits per heavy atom. The molecule has 2 N–H and O–H groups in total. The Labute approximate surface area is 128 Å². The normalized spacial score (nSPS) is 23.9. The molecule has 1 fully saturated rings. The summed E-state index contributed by atoms with van der Waals surface area (Å²) in [7, 11) is 0. The topological polar surface area (TPSA) is 41.5 Å². The third-order valence-electron chi connectivity index (χ3n) is 4.42. The quantitative estimate of drug-likeness (QED) is 0.773. The van der Waals surface area contributed by atoms with Gasteiger partial charge in [0.15, 0.2) is 0 Å². The van der Waals surface area contributed by atoms with Crippen LogP contribution in [0.3, 0.4) is 0 Å². The highest BCUT2D eigenvalue weighted by Gasteiger charge is 2.24. The zero-order chi connectivity index (χ0) is 14.9. The van der Waals surface area contributed by atoms with Crippen LogP contribution in [0.25, 0.3) is 0 Å². The van der Waals surface area contributed by atoms with Crippen LogP contribution in [0.15, 0.2) is 30.3 Å². The van der Waals surface area contributed by atoms with Gasteiger partial charge in [0.05, 0.1) is 18.8 Å². The number of hydrogen-bond acceptors (Lipinski definition) is 3. The molecular formula is C18H29NO2. The van der Waals surface area contributed by atoms with Gasteiger partial charge in [-0.3, -0.25) is 0 Å². The van der Waals surface area contributed by atoms with E-state index in [0.29, 0.717) is 25.2 Å². The predicted octanol–water partition coefficient (Wildman–Crippen LogP) is 3.12. The average molecular weight is 291 g/mol. The molecule has 0 saturated heterocycles. The number of aliphatic hydroxyl groups is 1. The lowest BCUT2D eigenvalue weighted by molar-refractivity contribution is -0.0499. The van der Waals surface area contributed by atoms with Crippen LogP contribution in [0.1, 0.15) is 44.6 Å². The Balaban J connectivity index is 1.61. The van der Waals surface area contributed by atoms with Gasteiger partial charge in [-0.2, -0.15) is 0 Å². The van der Waals surface area contributed by atoms with E-state index in [4.69, 9.17) is 4.74 Å². The molecule has 0 aliphatic heterocycles. The van der Waals surface area contributed by atoms with Gasteiger partial charge in [0, 0.05) is 13.1 Å². The van der Waals surface area contributed by atoms with Crippen LogP contribution in [0.4, 0.5) is 0 Å². The second-order valence-corrected chi connectivity index (χ2v) is 6.09. The van der Waals surface area contributed by atoms with Crippen molar-refractivity contribution in [1.82, 2.24) is 5.32 Å². The van der Waals surface area contributed by atoms with Crippen molar-refractivity contribution in [3.8, 4) is 0 Å². The third kappa shape index (κ3) is 5.77. The summed E-state index contributed by atoms with van der Waals surface area (Å²) >= 11 is 0. The van der Waals surface area contributed by atoms with E-state index in [1.54, 1.807) is 0 Å². The standard InChI is InChI=1S/C18H29NO2/c1-2-16-10-6-7-11-18(16)21-14-17(20)13-19-12-15-8-4-3-5-9-15/h3-5,8-9,16-20H,2,6-7,10-14H2,1H3. The van der Waals surface area contributed by atoms with Crippen LogP contribution in [0.5, 0.6) is 0 Å². The van der Waals surface area contributed by atoms with Crippen LogP contribution in [0, 0.1) is 5.92 Å². The van der Waals surface area contributed by atoms with Crippen LogP contribution in [-0.4, -0.2) is 30.5 Å². The zero-order valence-electron chi connectivity index (χ0n) is 13.1. The summed E-state index contributed by atoms with van der Waals surface area (Å²) in [6.07, 6.45) is 6.16. The van der Waals surface area contributed by atoms with E-state index in [1.165, 1.54) is 31.2 Å². The lowest BCUT2D eigenvalue weighted by atomic mass is 9.85. The van der Waals surface area contributed by atoms with Crippen LogP contribution >= 0.6 is 0 Å². The maximum Gasteiger partial charge on any atom is 0.0897 e. The van der Waals surface area contributed by atoms with Crippen molar-refractivity contribution in [1.29, 1.82) is 0 Å². The molecule has 1 aliphatic carbocycles. The van der Waals surface area contributed by atoms with Crippen molar-refractivity contribution >= 4 is 0 Å². The molecule has 0 bridgehead atoms. The average Bonchev–Trinajstić information content (AvgIpc) is 2.54. The third-order valence-corrected chi connectivity index (χ3v) is 4.42. The Morgan fingerprint density at radius 1 is 1.24 bits per heavy atom. The van der Waals surface area contributed by atoms with E-state index in [0.717, 1.165) is 13.0 Å². The molecule has 0 radical (unpaired) electrons. The molecule has 0 amide bonds. The molecule has 0 aromatic heterocycles. The number of nitrogens with one attached hydrogen (secondary N) is 1. The summed E-state index contributed by atoms with van der Waals surface area (Å²) in [6.45, 7) is 4.06. The van der Waals surface area contributed by atoms with Crippen molar-refractivity contribution in [3.63, 3.8) is 0 Å². The van der Waals surface area contributed by atoms with Crippen LogP contribution < -0.4 is 5.32 Å². The van der Waals surface area contributed by atoms with Crippen LogP contribution in [-0.2, 0) is 11.3 Å². The first-order valence-electron chi connectivity index (χ1n) is 8.34. The monoisotopic (exact) mass is 291 g/mol. The fourth-order valence-electron chi connectivity index (χ4n) is 3.13. The number of rotatable bonds is 8. The molecular weight excluding hydrogens is 262 g/mol. The maximum atomic E-state index is 10.0. The van der Waals surface area contributed by atoms with Crippen molar-refractivity contribution in [2.24, 2.45) is 5.92 Å². The van der Waals surface area contributed by atoms with E-state index >= 15 is 0 Å². The largest absolute Gasteiger partial charge is 0.389 e. The maximum absolute atomic E-state index is 10.0. The minimum absolute atomic E-state index is 0.354. The minimum Gasteiger partial charge on any atom is -0.389 e. The van der Waals surface area contributed by atoms with Gasteiger partial charge >= 0.3 is 0 Å². The lowest BCUT2D eigenvalue weighted by Crippen LogP contribution is -2.34. The van der Waals surface area contributed by atoms with E-state index in [1.807, 2.05) is 18.2 Å². The number of ether oxygens (including phenoxy) is 1. The van der Waals surface area contributed by atoms with Crippen molar-refractivity contribution in [2.75, 3.05) is 13.2 Å². The lowest BCUT2D eigenvalue weighted by Gasteiger charge is -2.31. The summed E-state index contributed by atoms with van der Waals surface area (Å²) < 4.78 is 5.96. The molecule has 1 aromatic rings. The van der Waals surface area contributed by atoms with Crippen LogP contribution in [0.2, 0.25) is 0 Å². The summed E-state index contributed by atoms with van der Waals surface area (Å²) in [5, 5.41) is 13.3. The van der Waals surface area contributed by atoms with Gasteiger partial charge in [0.25, 0.3) is 0 Å². The first-order valence-corrected chi connectivity index (χ1v) is 8.34. The van der Waals surface area contributed by atoms with E-state index in [9.17, 15) is 5.11 Å². The predicted molar refractivity (Wildman–Crippen MR) is 86.1 cm³/mol. The van der Waals surface area contributed by atoms with Gasteiger partial charge < -0.3 is 15.2 Å². The molecule has 21 heavy (non-hydrogen) atoms. The van der Waals surface area contributed by atoms with Gasteiger partial charge in [0.1, 0.15) is 0 Å². The molecule has 3 heteroatoms. The Morgan fingerprint density at radius 3 is 2.76 bits per heavy atom. The summed E-state index contributed by atoms with van der Waals surface area (Å²) in [5.41, 5.74) is 1.24. The van der Waals surface area contributed by atoms with E-state index in [-0.39, 0.29) is 0 Å². The number of hydrogen-bond donors (Lipinski definition) is 2. The first-order chi connectivity index (χ1) is 10.3. The number of benzene rings is 1. The van der Waals surface area contributed by atoms with Gasteiger partial charge in [-0.25, -0.2) is 0 Å². The Bertz CT molecular complexity index is 382. The highest BCUT2D eigenvalue weighted by Crippen LogP contribution is 2.29. The van der Waals surface area contributed by atoms with Crippen molar-refractivity contribution in [2.45, 2.75) is 57.8 Å². The fraction of sp³-hybridized carbons (Fsp3) is 0.667. The van der Waals surface area contributed by atoms with Gasteiger partial charge in [-0.1, -0.05) is 56.5 Å². The smallest absolute Gasteiger partial charge is 0.0897 e. The number of aliphatic hydroxyl groups excluding tert-OH is 1. The van der Waals surface area contributed by atoms with E-state index in [2.05, 4.69) is 24.4 Å². The van der Waals surface area contributed by atoms with Crippen molar-refractivity contribution < 1.29 is 9.84 Å². The molecule has 118 valence electrons. The fourth-order valence-corrected chi connectivity index (χ4v) is 3.13. The molecule has 1 aromatic carbocycles. The van der Waals surface area contributed by atoms with Gasteiger partial charge in [-0.15, -0.1) is 0 Å². The SMILES string of the molecule is CCC1CCCCC1OCC(O)CNCc1ccccc1. The summed E-state index contributed by atoms with van der Waals surface area (Å²) in [6, 6.07) is 10.3. The van der Waals surface area contributed by atoms with Crippen molar-refractivity contribution in [3.05, 3.63) is 35.9 Å². The van der Waals surface area contributed by atoms with Gasteiger partial charge in [0.2, 0.25) is 0 Å². The molecule has 3 atom stereocenters. The van der Waals surface area contributed by atoms with E-state index < -0.39 is 6.10 Å². The summed E-state index contributed by atoms with van der Waals surface area (Å²) in [4.78, 5) is 0. The molecule has 3 unspecified atom stereocenters. The highest BCUT2D eigenvalue weighted by atomic mass is 16.5. The first kappa shape index (κ1) is 16.5. The Hall–Kier alpha value is -0.900. The second-order valence-electron chi connectivity index (χ2n) is 6.09. The molecule has 1 aliphatic rings. The molecule has 0 spiro atoms. The summed E-state index contributed by atoms with van der Waals surface area (Å²) in [5.74, 6) is 0.684. The van der Waals surface area contributed by atoms with Gasteiger partial charge in [-0.05, 0) is 24.3 Å².